The number of carboxylic acids is 1. The lowest BCUT2D eigenvalue weighted by Gasteiger charge is -2.22. The summed E-state index contributed by atoms with van der Waals surface area (Å²) in [5.74, 6) is -1.75. The van der Waals surface area contributed by atoms with Crippen molar-refractivity contribution >= 4 is 23.6 Å². The van der Waals surface area contributed by atoms with Crippen LogP contribution in [-0.2, 0) is 9.59 Å². The van der Waals surface area contributed by atoms with Gasteiger partial charge < -0.3 is 10.4 Å². The van der Waals surface area contributed by atoms with Crippen molar-refractivity contribution in [1.29, 1.82) is 0 Å². The van der Waals surface area contributed by atoms with Crippen molar-refractivity contribution in [1.82, 2.24) is 10.2 Å². The zero-order valence-corrected chi connectivity index (χ0v) is 14.1. The highest BCUT2D eigenvalue weighted by Gasteiger charge is 2.33. The number of benzene rings is 1. The number of rotatable bonds is 4. The summed E-state index contributed by atoms with van der Waals surface area (Å²) in [6.45, 7) is 6.36. The first-order valence-corrected chi connectivity index (χ1v) is 7.94. The normalized spacial score (nSPS) is 18.9. The van der Waals surface area contributed by atoms with Gasteiger partial charge in [0.1, 0.15) is 0 Å². The number of carbonyl (C=O) groups excluding carboxylic acids is 2. The minimum atomic E-state index is -0.849. The molecule has 1 saturated heterocycles. The van der Waals surface area contributed by atoms with Crippen molar-refractivity contribution in [2.75, 3.05) is 18.4 Å². The fourth-order valence-electron chi connectivity index (χ4n) is 2.83. The van der Waals surface area contributed by atoms with Crippen LogP contribution in [0.15, 0.2) is 18.2 Å². The van der Waals surface area contributed by atoms with Gasteiger partial charge in [-0.1, -0.05) is 17.7 Å². The molecule has 1 heterocycles. The van der Waals surface area contributed by atoms with Crippen LogP contribution in [0.4, 0.5) is 10.5 Å². The SMILES string of the molecule is Cc1ccc(NC(=O)NC(=O)C(C)N2CCC(C(=O)O)C2)c(C)c1. The smallest absolute Gasteiger partial charge is 0.325 e. The van der Waals surface area contributed by atoms with Crippen molar-refractivity contribution in [2.45, 2.75) is 33.2 Å². The van der Waals surface area contributed by atoms with Gasteiger partial charge in [0.25, 0.3) is 0 Å². The van der Waals surface area contributed by atoms with Gasteiger partial charge in [-0.3, -0.25) is 19.8 Å². The average molecular weight is 333 g/mol. The Bertz CT molecular complexity index is 659. The van der Waals surface area contributed by atoms with E-state index in [1.807, 2.05) is 26.0 Å². The molecule has 1 aromatic rings. The Morgan fingerprint density at radius 2 is 2.00 bits per heavy atom. The predicted octanol–water partition coefficient (Wildman–Crippen LogP) is 1.75. The Labute approximate surface area is 141 Å². The van der Waals surface area contributed by atoms with E-state index in [0.717, 1.165) is 11.1 Å². The van der Waals surface area contributed by atoms with E-state index in [0.29, 0.717) is 25.2 Å². The van der Waals surface area contributed by atoms with E-state index >= 15 is 0 Å². The van der Waals surface area contributed by atoms with Gasteiger partial charge in [-0.25, -0.2) is 4.79 Å². The van der Waals surface area contributed by atoms with Crippen LogP contribution in [0.3, 0.4) is 0 Å². The molecule has 24 heavy (non-hydrogen) atoms. The molecule has 7 nitrogen and oxygen atoms in total. The molecule has 2 atom stereocenters. The van der Waals surface area contributed by atoms with Gasteiger partial charge in [-0.15, -0.1) is 0 Å². The third-order valence-electron chi connectivity index (χ3n) is 4.36. The maximum atomic E-state index is 12.2. The molecule has 3 N–H and O–H groups in total. The Morgan fingerprint density at radius 3 is 2.58 bits per heavy atom. The van der Waals surface area contributed by atoms with Crippen LogP contribution in [-0.4, -0.2) is 47.0 Å². The molecule has 0 saturated carbocycles. The number of amides is 3. The quantitative estimate of drug-likeness (QED) is 0.779. The summed E-state index contributed by atoms with van der Waals surface area (Å²) >= 11 is 0. The number of aliphatic carboxylic acids is 1. The number of nitrogens with one attached hydrogen (secondary N) is 2. The number of imide groups is 1. The van der Waals surface area contributed by atoms with E-state index in [4.69, 9.17) is 5.11 Å². The highest BCUT2D eigenvalue weighted by molar-refractivity contribution is 6.03. The first kappa shape index (κ1) is 17.9. The molecular weight excluding hydrogens is 310 g/mol. The van der Waals surface area contributed by atoms with Crippen LogP contribution in [0.5, 0.6) is 0 Å². The van der Waals surface area contributed by atoms with Crippen LogP contribution in [0.25, 0.3) is 0 Å². The zero-order valence-electron chi connectivity index (χ0n) is 14.1. The van der Waals surface area contributed by atoms with E-state index in [9.17, 15) is 14.4 Å². The van der Waals surface area contributed by atoms with E-state index < -0.39 is 29.9 Å². The van der Waals surface area contributed by atoms with E-state index in [1.54, 1.807) is 17.9 Å². The summed E-state index contributed by atoms with van der Waals surface area (Å²) in [5.41, 5.74) is 2.64. The molecule has 0 aliphatic carbocycles. The number of hydrogen-bond donors (Lipinski definition) is 3. The van der Waals surface area contributed by atoms with E-state index in [2.05, 4.69) is 10.6 Å². The molecule has 0 spiro atoms. The molecule has 0 aromatic heterocycles. The van der Waals surface area contributed by atoms with Crippen molar-refractivity contribution < 1.29 is 19.5 Å². The molecule has 1 aromatic carbocycles. The third kappa shape index (κ3) is 4.32. The lowest BCUT2D eigenvalue weighted by Crippen LogP contribution is -2.47. The Balaban J connectivity index is 1.89. The fourth-order valence-corrected chi connectivity index (χ4v) is 2.83. The molecule has 0 bridgehead atoms. The third-order valence-corrected chi connectivity index (χ3v) is 4.36. The van der Waals surface area contributed by atoms with Crippen LogP contribution < -0.4 is 10.6 Å². The lowest BCUT2D eigenvalue weighted by atomic mass is 10.1. The molecule has 3 amide bonds. The second-order valence-corrected chi connectivity index (χ2v) is 6.26. The number of likely N-dealkylation sites (tertiary alicyclic amines) is 1. The largest absolute Gasteiger partial charge is 0.481 e. The van der Waals surface area contributed by atoms with Gasteiger partial charge >= 0.3 is 12.0 Å². The van der Waals surface area contributed by atoms with Gasteiger partial charge in [-0.05, 0) is 45.4 Å². The molecule has 130 valence electrons. The van der Waals surface area contributed by atoms with Crippen LogP contribution in [0, 0.1) is 19.8 Å². The number of anilines is 1. The first-order valence-electron chi connectivity index (χ1n) is 7.94. The Hall–Kier alpha value is -2.41. The van der Waals surface area contributed by atoms with Crippen molar-refractivity contribution in [3.63, 3.8) is 0 Å². The second-order valence-electron chi connectivity index (χ2n) is 6.26. The van der Waals surface area contributed by atoms with E-state index in [-0.39, 0.29) is 0 Å². The topological polar surface area (TPSA) is 98.7 Å². The lowest BCUT2D eigenvalue weighted by molar-refractivity contribution is -0.141. The molecule has 7 heteroatoms. The number of carbonyl (C=O) groups is 3. The zero-order chi connectivity index (χ0) is 17.9. The van der Waals surface area contributed by atoms with Crippen LogP contribution in [0.2, 0.25) is 0 Å². The molecule has 2 rings (SSSR count). The fraction of sp³-hybridized carbons (Fsp3) is 0.471. The molecule has 1 fully saturated rings. The maximum absolute atomic E-state index is 12.2. The molecule has 1 aliphatic rings. The molecule has 1 aliphatic heterocycles. The van der Waals surface area contributed by atoms with E-state index in [1.165, 1.54) is 0 Å². The Kier molecular flexibility index (Phi) is 5.56. The number of urea groups is 1. The van der Waals surface area contributed by atoms with Crippen molar-refractivity contribution in [3.8, 4) is 0 Å². The molecule has 0 radical (unpaired) electrons. The predicted molar refractivity (Wildman–Crippen MR) is 89.9 cm³/mol. The second kappa shape index (κ2) is 7.44. The summed E-state index contributed by atoms with van der Waals surface area (Å²) < 4.78 is 0. The molecule has 2 unspecified atom stereocenters. The van der Waals surface area contributed by atoms with Crippen LogP contribution >= 0.6 is 0 Å². The minimum Gasteiger partial charge on any atom is -0.481 e. The van der Waals surface area contributed by atoms with Gasteiger partial charge in [0.05, 0.1) is 12.0 Å². The van der Waals surface area contributed by atoms with Gasteiger partial charge in [0.2, 0.25) is 5.91 Å². The number of hydrogen-bond acceptors (Lipinski definition) is 4. The standard InChI is InChI=1S/C17H23N3O4/c1-10-4-5-14(11(2)8-10)18-17(24)19-15(21)12(3)20-7-6-13(9-20)16(22)23/h4-5,8,12-13H,6-7,9H2,1-3H3,(H,22,23)(H2,18,19,21,24). The Morgan fingerprint density at radius 1 is 1.29 bits per heavy atom. The summed E-state index contributed by atoms with van der Waals surface area (Å²) in [5, 5.41) is 14.0. The number of carboxylic acid groups (broad SMARTS) is 1. The molecular formula is C17H23N3O4. The average Bonchev–Trinajstić information content (AvgIpc) is 2.99. The summed E-state index contributed by atoms with van der Waals surface area (Å²) in [7, 11) is 0. The highest BCUT2D eigenvalue weighted by Crippen LogP contribution is 2.19. The maximum Gasteiger partial charge on any atom is 0.325 e. The first-order chi connectivity index (χ1) is 11.3. The summed E-state index contributed by atoms with van der Waals surface area (Å²) in [6.07, 6.45) is 0.516. The van der Waals surface area contributed by atoms with Gasteiger partial charge in [0, 0.05) is 12.2 Å². The van der Waals surface area contributed by atoms with Gasteiger partial charge in [-0.2, -0.15) is 0 Å². The van der Waals surface area contributed by atoms with Crippen LogP contribution in [0.1, 0.15) is 24.5 Å². The minimum absolute atomic E-state index is 0.322. The number of nitrogens with zero attached hydrogens (tertiary/aromatic N) is 1. The summed E-state index contributed by atoms with van der Waals surface area (Å²) in [6, 6.07) is 4.46. The van der Waals surface area contributed by atoms with Gasteiger partial charge in [0.15, 0.2) is 0 Å². The van der Waals surface area contributed by atoms with Crippen molar-refractivity contribution in [2.24, 2.45) is 5.92 Å². The highest BCUT2D eigenvalue weighted by atomic mass is 16.4. The summed E-state index contributed by atoms with van der Waals surface area (Å²) in [4.78, 5) is 36.9. The number of aryl methyl sites for hydroxylation is 2. The monoisotopic (exact) mass is 333 g/mol. The van der Waals surface area contributed by atoms with Crippen molar-refractivity contribution in [3.05, 3.63) is 29.3 Å².